The summed E-state index contributed by atoms with van der Waals surface area (Å²) in [6.07, 6.45) is 3.32. The highest BCUT2D eigenvalue weighted by atomic mass is 79.9. The van der Waals surface area contributed by atoms with Crippen molar-refractivity contribution in [3.63, 3.8) is 0 Å². The molecule has 0 bridgehead atoms. The summed E-state index contributed by atoms with van der Waals surface area (Å²) in [5, 5.41) is 2.99. The lowest BCUT2D eigenvalue weighted by Crippen LogP contribution is -2.30. The number of nitrogens with zero attached hydrogens (tertiary/aromatic N) is 1. The Morgan fingerprint density at radius 3 is 3.00 bits per heavy atom. The molecule has 1 atom stereocenters. The van der Waals surface area contributed by atoms with E-state index in [4.69, 9.17) is 4.74 Å². The maximum absolute atomic E-state index is 11.5. The maximum atomic E-state index is 11.5. The average Bonchev–Trinajstić information content (AvgIpc) is 2.31. The van der Waals surface area contributed by atoms with Crippen LogP contribution in [0.1, 0.15) is 11.7 Å². The summed E-state index contributed by atoms with van der Waals surface area (Å²) < 4.78 is 5.57. The number of halogens is 1. The molecule has 0 saturated heterocycles. The predicted octanol–water partition coefficient (Wildman–Crippen LogP) is 1.83. The number of carbonyl (C=O) groups excluding carboxylic acids is 1. The Labute approximate surface area is 103 Å². The molecule has 0 aliphatic rings. The van der Waals surface area contributed by atoms with E-state index in [0.717, 1.165) is 4.47 Å². The molecular formula is C11H13BrN2O2. The van der Waals surface area contributed by atoms with Crippen molar-refractivity contribution in [1.29, 1.82) is 0 Å². The molecule has 0 fully saturated rings. The van der Waals surface area contributed by atoms with Gasteiger partial charge in [-0.2, -0.15) is 0 Å². The highest BCUT2D eigenvalue weighted by Crippen LogP contribution is 2.14. The van der Waals surface area contributed by atoms with Gasteiger partial charge in [0.25, 0.3) is 0 Å². The minimum Gasteiger partial charge on any atom is -0.468 e. The molecule has 0 spiro atoms. The van der Waals surface area contributed by atoms with Crippen LogP contribution in [0, 0.1) is 0 Å². The standard InChI is InChI=1S/C11H13BrN2O2/c1-3-6-13-10(11(15)16-2)9-5-4-8(12)7-14-9/h3-5,7,10,13H,1,6H2,2H3. The lowest BCUT2D eigenvalue weighted by Gasteiger charge is -2.14. The quantitative estimate of drug-likeness (QED) is 0.662. The summed E-state index contributed by atoms with van der Waals surface area (Å²) in [6, 6.07) is 3.03. The molecule has 0 saturated carbocycles. The SMILES string of the molecule is C=CCNC(C(=O)OC)c1ccc(Br)cn1. The zero-order valence-electron chi connectivity index (χ0n) is 8.94. The highest BCUT2D eigenvalue weighted by molar-refractivity contribution is 9.10. The lowest BCUT2D eigenvalue weighted by atomic mass is 10.2. The van der Waals surface area contributed by atoms with Crippen LogP contribution in [0.4, 0.5) is 0 Å². The summed E-state index contributed by atoms with van der Waals surface area (Å²) in [7, 11) is 1.35. The Morgan fingerprint density at radius 1 is 1.75 bits per heavy atom. The molecule has 0 amide bonds. The van der Waals surface area contributed by atoms with Crippen LogP contribution in [0.3, 0.4) is 0 Å². The molecular weight excluding hydrogens is 272 g/mol. The van der Waals surface area contributed by atoms with Crippen LogP contribution >= 0.6 is 15.9 Å². The van der Waals surface area contributed by atoms with Crippen molar-refractivity contribution < 1.29 is 9.53 Å². The van der Waals surface area contributed by atoms with E-state index < -0.39 is 6.04 Å². The molecule has 1 unspecified atom stereocenters. The first-order valence-electron chi connectivity index (χ1n) is 4.72. The first-order valence-corrected chi connectivity index (χ1v) is 5.52. The second-order valence-corrected chi connectivity index (χ2v) is 3.97. The van der Waals surface area contributed by atoms with Gasteiger partial charge in [0, 0.05) is 17.2 Å². The van der Waals surface area contributed by atoms with Gasteiger partial charge in [-0.3, -0.25) is 10.3 Å². The number of hydrogen-bond acceptors (Lipinski definition) is 4. The van der Waals surface area contributed by atoms with Gasteiger partial charge >= 0.3 is 5.97 Å². The summed E-state index contributed by atoms with van der Waals surface area (Å²) in [5.41, 5.74) is 0.622. The van der Waals surface area contributed by atoms with Crippen molar-refractivity contribution in [1.82, 2.24) is 10.3 Å². The molecule has 1 heterocycles. The van der Waals surface area contributed by atoms with Crippen LogP contribution < -0.4 is 5.32 Å². The van der Waals surface area contributed by atoms with E-state index in [1.54, 1.807) is 18.3 Å². The van der Waals surface area contributed by atoms with E-state index in [9.17, 15) is 4.79 Å². The molecule has 4 nitrogen and oxygen atoms in total. The molecule has 5 heteroatoms. The van der Waals surface area contributed by atoms with Crippen LogP contribution in [-0.4, -0.2) is 24.6 Å². The van der Waals surface area contributed by atoms with Crippen LogP contribution in [-0.2, 0) is 9.53 Å². The molecule has 0 radical (unpaired) electrons. The minimum absolute atomic E-state index is 0.364. The van der Waals surface area contributed by atoms with Crippen LogP contribution in [0.2, 0.25) is 0 Å². The van der Waals surface area contributed by atoms with Crippen molar-refractivity contribution in [2.24, 2.45) is 0 Å². The molecule has 0 aliphatic carbocycles. The van der Waals surface area contributed by atoms with Gasteiger partial charge in [-0.05, 0) is 28.1 Å². The number of carbonyl (C=O) groups is 1. The molecule has 0 aliphatic heterocycles. The maximum Gasteiger partial charge on any atom is 0.329 e. The van der Waals surface area contributed by atoms with E-state index in [0.29, 0.717) is 12.2 Å². The monoisotopic (exact) mass is 284 g/mol. The van der Waals surface area contributed by atoms with Gasteiger partial charge in [0.15, 0.2) is 0 Å². The fourth-order valence-corrected chi connectivity index (χ4v) is 1.42. The van der Waals surface area contributed by atoms with Crippen molar-refractivity contribution >= 4 is 21.9 Å². The molecule has 16 heavy (non-hydrogen) atoms. The summed E-state index contributed by atoms with van der Waals surface area (Å²) in [5.74, 6) is -0.364. The number of methoxy groups -OCH3 is 1. The first-order chi connectivity index (χ1) is 7.69. The highest BCUT2D eigenvalue weighted by Gasteiger charge is 2.21. The van der Waals surface area contributed by atoms with E-state index in [-0.39, 0.29) is 5.97 Å². The number of rotatable bonds is 5. The van der Waals surface area contributed by atoms with Crippen molar-refractivity contribution in [2.45, 2.75) is 6.04 Å². The minimum atomic E-state index is -0.559. The Morgan fingerprint density at radius 2 is 2.50 bits per heavy atom. The molecule has 1 aromatic heterocycles. The topological polar surface area (TPSA) is 51.2 Å². The molecule has 1 aromatic rings. The third-order valence-electron chi connectivity index (χ3n) is 1.95. The summed E-state index contributed by atoms with van der Waals surface area (Å²) in [4.78, 5) is 15.7. The second-order valence-electron chi connectivity index (χ2n) is 3.05. The Balaban J connectivity index is 2.86. The van der Waals surface area contributed by atoms with Crippen LogP contribution in [0.5, 0.6) is 0 Å². The molecule has 0 aromatic carbocycles. The number of pyridine rings is 1. The zero-order chi connectivity index (χ0) is 12.0. The number of ether oxygens (including phenoxy) is 1. The normalized spacial score (nSPS) is 11.9. The number of hydrogen-bond donors (Lipinski definition) is 1. The van der Waals surface area contributed by atoms with Gasteiger partial charge in [0.1, 0.15) is 6.04 Å². The van der Waals surface area contributed by atoms with E-state index in [1.165, 1.54) is 7.11 Å². The fraction of sp³-hybridized carbons (Fsp3) is 0.273. The van der Waals surface area contributed by atoms with E-state index in [1.807, 2.05) is 6.07 Å². The average molecular weight is 285 g/mol. The second kappa shape index (κ2) is 6.40. The molecule has 1 N–H and O–H groups in total. The summed E-state index contributed by atoms with van der Waals surface area (Å²) in [6.45, 7) is 4.09. The third-order valence-corrected chi connectivity index (χ3v) is 2.42. The first kappa shape index (κ1) is 12.9. The van der Waals surface area contributed by atoms with Gasteiger partial charge < -0.3 is 4.74 Å². The van der Waals surface area contributed by atoms with Crippen molar-refractivity contribution in [3.8, 4) is 0 Å². The lowest BCUT2D eigenvalue weighted by molar-refractivity contribution is -0.143. The predicted molar refractivity (Wildman–Crippen MR) is 64.9 cm³/mol. The Bertz CT molecular complexity index is 365. The van der Waals surface area contributed by atoms with Crippen molar-refractivity contribution in [2.75, 3.05) is 13.7 Å². The number of esters is 1. The number of aromatic nitrogens is 1. The molecule has 86 valence electrons. The van der Waals surface area contributed by atoms with Gasteiger partial charge in [-0.1, -0.05) is 6.08 Å². The largest absolute Gasteiger partial charge is 0.468 e. The third kappa shape index (κ3) is 3.43. The van der Waals surface area contributed by atoms with E-state index >= 15 is 0 Å². The van der Waals surface area contributed by atoms with Gasteiger partial charge in [0.05, 0.1) is 12.8 Å². The zero-order valence-corrected chi connectivity index (χ0v) is 10.5. The fourth-order valence-electron chi connectivity index (χ4n) is 1.19. The van der Waals surface area contributed by atoms with Gasteiger partial charge in [-0.25, -0.2) is 4.79 Å². The Hall–Kier alpha value is -1.20. The van der Waals surface area contributed by atoms with Crippen LogP contribution in [0.25, 0.3) is 0 Å². The Kier molecular flexibility index (Phi) is 5.14. The summed E-state index contributed by atoms with van der Waals surface area (Å²) >= 11 is 3.29. The smallest absolute Gasteiger partial charge is 0.329 e. The van der Waals surface area contributed by atoms with Gasteiger partial charge in [-0.15, -0.1) is 6.58 Å². The van der Waals surface area contributed by atoms with Crippen molar-refractivity contribution in [3.05, 3.63) is 41.2 Å². The number of nitrogens with one attached hydrogen (secondary N) is 1. The van der Waals surface area contributed by atoms with E-state index in [2.05, 4.69) is 32.8 Å². The van der Waals surface area contributed by atoms with Crippen LogP contribution in [0.15, 0.2) is 35.5 Å². The molecule has 1 rings (SSSR count). The van der Waals surface area contributed by atoms with Gasteiger partial charge in [0.2, 0.25) is 0 Å².